The minimum atomic E-state index is -0.411. The third-order valence-electron chi connectivity index (χ3n) is 4.93. The normalized spacial score (nSPS) is 11.7. The highest BCUT2D eigenvalue weighted by Crippen LogP contribution is 2.26. The zero-order valence-electron chi connectivity index (χ0n) is 16.8. The molecule has 3 rings (SSSR count). The van der Waals surface area contributed by atoms with E-state index in [0.717, 1.165) is 17.5 Å². The maximum atomic E-state index is 13.1. The molecule has 0 fully saturated rings. The van der Waals surface area contributed by atoms with Crippen LogP contribution in [0, 0.1) is 0 Å². The molecule has 29 heavy (non-hydrogen) atoms. The molecule has 148 valence electrons. The van der Waals surface area contributed by atoms with E-state index in [4.69, 9.17) is 0 Å². The molecule has 3 aromatic rings. The number of carbonyl (C=O) groups is 2. The molecule has 0 saturated heterocycles. The highest BCUT2D eigenvalue weighted by Gasteiger charge is 2.22. The van der Waals surface area contributed by atoms with Crippen molar-refractivity contribution in [3.8, 4) is 0 Å². The van der Waals surface area contributed by atoms with Crippen LogP contribution in [0.3, 0.4) is 0 Å². The molecule has 4 nitrogen and oxygen atoms in total. The van der Waals surface area contributed by atoms with Gasteiger partial charge in [0.15, 0.2) is 0 Å². The average Bonchev–Trinajstić information content (AvgIpc) is 2.76. The quantitative estimate of drug-likeness (QED) is 0.601. The Labute approximate surface area is 172 Å². The molecule has 4 heteroatoms. The van der Waals surface area contributed by atoms with E-state index in [-0.39, 0.29) is 17.9 Å². The van der Waals surface area contributed by atoms with Gasteiger partial charge in [-0.3, -0.25) is 9.59 Å². The first-order valence-corrected chi connectivity index (χ1v) is 9.90. The van der Waals surface area contributed by atoms with E-state index in [1.165, 1.54) is 0 Å². The predicted octanol–water partition coefficient (Wildman–Crippen LogP) is 4.99. The zero-order valence-corrected chi connectivity index (χ0v) is 16.8. The van der Waals surface area contributed by atoms with Crippen molar-refractivity contribution in [3.05, 3.63) is 102 Å². The van der Waals surface area contributed by atoms with Crippen LogP contribution < -0.4 is 10.6 Å². The lowest BCUT2D eigenvalue weighted by molar-refractivity contribution is -0.116. The highest BCUT2D eigenvalue weighted by molar-refractivity contribution is 5.99. The van der Waals surface area contributed by atoms with E-state index in [0.29, 0.717) is 11.3 Å². The number of benzene rings is 3. The molecule has 0 heterocycles. The summed E-state index contributed by atoms with van der Waals surface area (Å²) in [5.41, 5.74) is 3.10. The largest absolute Gasteiger partial charge is 0.350 e. The molecule has 3 aromatic carbocycles. The summed E-state index contributed by atoms with van der Waals surface area (Å²) in [6.45, 7) is 4.00. The lowest BCUT2D eigenvalue weighted by Crippen LogP contribution is -2.31. The summed E-state index contributed by atoms with van der Waals surface area (Å²) < 4.78 is 0. The smallest absolute Gasteiger partial charge is 0.251 e. The van der Waals surface area contributed by atoms with Gasteiger partial charge in [-0.25, -0.2) is 0 Å². The van der Waals surface area contributed by atoms with Gasteiger partial charge in [-0.05, 0) is 48.7 Å². The molecule has 0 saturated carbocycles. The van der Waals surface area contributed by atoms with Crippen LogP contribution in [-0.4, -0.2) is 17.9 Å². The van der Waals surface area contributed by atoms with Gasteiger partial charge in [-0.2, -0.15) is 0 Å². The Hall–Kier alpha value is -3.40. The lowest BCUT2D eigenvalue weighted by Gasteiger charge is -2.18. The summed E-state index contributed by atoms with van der Waals surface area (Å²) in [5, 5.41) is 5.93. The standard InChI is InChI=1S/C25H26N2O2/c1-3-18(2)26-24(28)21-14-16-22(17-15-21)27-25(29)23(19-10-6-4-7-11-19)20-12-8-5-9-13-20/h4-18,23H,3H2,1-2H3,(H,26,28)(H,27,29). The van der Waals surface area contributed by atoms with E-state index in [1.54, 1.807) is 24.3 Å². The number of rotatable bonds is 7. The van der Waals surface area contributed by atoms with Crippen LogP contribution in [-0.2, 0) is 4.79 Å². The fraction of sp³-hybridized carbons (Fsp3) is 0.200. The molecule has 0 aliphatic heterocycles. The predicted molar refractivity (Wildman–Crippen MR) is 117 cm³/mol. The zero-order chi connectivity index (χ0) is 20.6. The van der Waals surface area contributed by atoms with Crippen LogP contribution in [0.2, 0.25) is 0 Å². The Balaban J connectivity index is 1.77. The first kappa shape index (κ1) is 20.3. The van der Waals surface area contributed by atoms with E-state index in [2.05, 4.69) is 10.6 Å². The highest BCUT2D eigenvalue weighted by atomic mass is 16.2. The second kappa shape index (κ2) is 9.69. The molecule has 0 radical (unpaired) electrons. The van der Waals surface area contributed by atoms with Crippen molar-refractivity contribution in [3.63, 3.8) is 0 Å². The van der Waals surface area contributed by atoms with Gasteiger partial charge >= 0.3 is 0 Å². The molecule has 2 amide bonds. The van der Waals surface area contributed by atoms with Gasteiger partial charge in [0.1, 0.15) is 0 Å². The second-order valence-corrected chi connectivity index (χ2v) is 7.10. The molecule has 0 aromatic heterocycles. The average molecular weight is 386 g/mol. The second-order valence-electron chi connectivity index (χ2n) is 7.10. The Morgan fingerprint density at radius 1 is 0.793 bits per heavy atom. The van der Waals surface area contributed by atoms with Crippen LogP contribution in [0.5, 0.6) is 0 Å². The number of hydrogen-bond acceptors (Lipinski definition) is 2. The molecule has 0 spiro atoms. The fourth-order valence-electron chi connectivity index (χ4n) is 3.11. The van der Waals surface area contributed by atoms with Gasteiger partial charge in [0.25, 0.3) is 5.91 Å². The number of carbonyl (C=O) groups excluding carboxylic acids is 2. The van der Waals surface area contributed by atoms with Gasteiger partial charge in [0, 0.05) is 17.3 Å². The molecule has 0 bridgehead atoms. The molecule has 2 N–H and O–H groups in total. The SMILES string of the molecule is CCC(C)NC(=O)c1ccc(NC(=O)C(c2ccccc2)c2ccccc2)cc1. The fourth-order valence-corrected chi connectivity index (χ4v) is 3.11. The van der Waals surface area contributed by atoms with E-state index >= 15 is 0 Å². The Bertz CT molecular complexity index is 898. The van der Waals surface area contributed by atoms with Crippen molar-refractivity contribution < 1.29 is 9.59 Å². The van der Waals surface area contributed by atoms with Crippen LogP contribution in [0.25, 0.3) is 0 Å². The Morgan fingerprint density at radius 2 is 1.31 bits per heavy atom. The van der Waals surface area contributed by atoms with Gasteiger partial charge in [-0.1, -0.05) is 67.6 Å². The summed E-state index contributed by atoms with van der Waals surface area (Å²) in [4.78, 5) is 25.4. The number of amides is 2. The summed E-state index contributed by atoms with van der Waals surface area (Å²) in [5.74, 6) is -0.631. The van der Waals surface area contributed by atoms with Crippen molar-refractivity contribution >= 4 is 17.5 Å². The topological polar surface area (TPSA) is 58.2 Å². The van der Waals surface area contributed by atoms with Gasteiger partial charge in [-0.15, -0.1) is 0 Å². The Kier molecular flexibility index (Phi) is 6.80. The van der Waals surface area contributed by atoms with Gasteiger partial charge in [0.05, 0.1) is 5.92 Å². The molecular formula is C25H26N2O2. The van der Waals surface area contributed by atoms with Crippen molar-refractivity contribution in [2.75, 3.05) is 5.32 Å². The lowest BCUT2D eigenvalue weighted by atomic mass is 9.90. The third-order valence-corrected chi connectivity index (χ3v) is 4.93. The van der Waals surface area contributed by atoms with Crippen molar-refractivity contribution in [1.82, 2.24) is 5.32 Å². The first-order valence-electron chi connectivity index (χ1n) is 9.90. The van der Waals surface area contributed by atoms with Crippen molar-refractivity contribution in [1.29, 1.82) is 0 Å². The monoisotopic (exact) mass is 386 g/mol. The van der Waals surface area contributed by atoms with Crippen molar-refractivity contribution in [2.24, 2.45) is 0 Å². The molecule has 0 aliphatic carbocycles. The molecule has 1 atom stereocenters. The summed E-state index contributed by atoms with van der Waals surface area (Å²) in [7, 11) is 0. The Morgan fingerprint density at radius 3 is 1.79 bits per heavy atom. The number of nitrogens with one attached hydrogen (secondary N) is 2. The summed E-state index contributed by atoms with van der Waals surface area (Å²) >= 11 is 0. The van der Waals surface area contributed by atoms with Gasteiger partial charge < -0.3 is 10.6 Å². The third kappa shape index (κ3) is 5.32. The van der Waals surface area contributed by atoms with E-state index in [1.807, 2.05) is 74.5 Å². The van der Waals surface area contributed by atoms with Gasteiger partial charge in [0.2, 0.25) is 5.91 Å². The minimum Gasteiger partial charge on any atom is -0.350 e. The van der Waals surface area contributed by atoms with E-state index in [9.17, 15) is 9.59 Å². The number of hydrogen-bond donors (Lipinski definition) is 2. The molecular weight excluding hydrogens is 360 g/mol. The maximum absolute atomic E-state index is 13.1. The van der Waals surface area contributed by atoms with Crippen molar-refractivity contribution in [2.45, 2.75) is 32.2 Å². The minimum absolute atomic E-state index is 0.108. The van der Waals surface area contributed by atoms with Crippen LogP contribution in [0.4, 0.5) is 5.69 Å². The summed E-state index contributed by atoms with van der Waals surface area (Å²) in [6, 6.07) is 26.5. The van der Waals surface area contributed by atoms with Crippen LogP contribution in [0.15, 0.2) is 84.9 Å². The molecule has 1 unspecified atom stereocenters. The maximum Gasteiger partial charge on any atom is 0.251 e. The van der Waals surface area contributed by atoms with E-state index < -0.39 is 5.92 Å². The summed E-state index contributed by atoms with van der Waals surface area (Å²) in [6.07, 6.45) is 0.875. The first-order chi connectivity index (χ1) is 14.1. The van der Waals surface area contributed by atoms with Crippen LogP contribution in [0.1, 0.15) is 47.7 Å². The van der Waals surface area contributed by atoms with Crippen LogP contribution >= 0.6 is 0 Å². The number of anilines is 1. The molecule has 0 aliphatic rings.